The molecule has 1 aliphatic rings. The summed E-state index contributed by atoms with van der Waals surface area (Å²) in [5, 5.41) is 18.9. The van der Waals surface area contributed by atoms with Crippen molar-refractivity contribution in [2.24, 2.45) is 0 Å². The summed E-state index contributed by atoms with van der Waals surface area (Å²) in [6.45, 7) is 0. The Kier molecular flexibility index (Phi) is 6.76. The molecule has 10 nitrogen and oxygen atoms in total. The third-order valence-corrected chi connectivity index (χ3v) is 6.05. The molecule has 178 valence electrons. The standard InChI is InChI=1S/C24H28N6O4/c1-29(2)22-17-7-4-5-9-19(17)27-24(28-22)26-16-13-11-15(12-14-16)25-23(31)18-8-6-10-20(34-3)21(18)30(32)33/h4-10,15-16H,11-14H2,1-3H3,(H,25,31)(H,26,27,28). The quantitative estimate of drug-likeness (QED) is 0.400. The molecule has 3 aromatic rings. The fraction of sp³-hybridized carbons (Fsp3) is 0.375. The molecule has 0 bridgehead atoms. The Balaban J connectivity index is 1.40. The number of aromatic nitrogens is 2. The monoisotopic (exact) mass is 464 g/mol. The zero-order valence-corrected chi connectivity index (χ0v) is 19.4. The zero-order valence-electron chi connectivity index (χ0n) is 19.4. The Morgan fingerprint density at radius 3 is 2.44 bits per heavy atom. The van der Waals surface area contributed by atoms with Gasteiger partial charge in [0, 0.05) is 31.6 Å². The van der Waals surface area contributed by atoms with Crippen molar-refractivity contribution in [1.29, 1.82) is 0 Å². The van der Waals surface area contributed by atoms with Gasteiger partial charge in [-0.25, -0.2) is 4.98 Å². The lowest BCUT2D eigenvalue weighted by molar-refractivity contribution is -0.386. The fourth-order valence-corrected chi connectivity index (χ4v) is 4.35. The van der Waals surface area contributed by atoms with Crippen molar-refractivity contribution >= 4 is 34.3 Å². The van der Waals surface area contributed by atoms with Crippen LogP contribution in [0.3, 0.4) is 0 Å². The summed E-state index contributed by atoms with van der Waals surface area (Å²) < 4.78 is 5.06. The number of anilines is 2. The molecule has 0 atom stereocenters. The number of amides is 1. The number of benzene rings is 2. The smallest absolute Gasteiger partial charge is 0.323 e. The maximum Gasteiger partial charge on any atom is 0.323 e. The summed E-state index contributed by atoms with van der Waals surface area (Å²) in [5.41, 5.74) is 0.568. The molecule has 1 amide bonds. The number of nitro groups is 1. The average Bonchev–Trinajstić information content (AvgIpc) is 2.84. The van der Waals surface area contributed by atoms with Crippen LogP contribution >= 0.6 is 0 Å². The second-order valence-corrected chi connectivity index (χ2v) is 8.56. The van der Waals surface area contributed by atoms with E-state index in [9.17, 15) is 14.9 Å². The van der Waals surface area contributed by atoms with E-state index in [0.717, 1.165) is 42.4 Å². The van der Waals surface area contributed by atoms with Crippen molar-refractivity contribution < 1.29 is 14.5 Å². The third-order valence-electron chi connectivity index (χ3n) is 6.05. The summed E-state index contributed by atoms with van der Waals surface area (Å²) >= 11 is 0. The molecular weight excluding hydrogens is 436 g/mol. The van der Waals surface area contributed by atoms with Crippen molar-refractivity contribution in [1.82, 2.24) is 15.3 Å². The Morgan fingerprint density at radius 2 is 1.76 bits per heavy atom. The second-order valence-electron chi connectivity index (χ2n) is 8.56. The first kappa shape index (κ1) is 23.2. The Morgan fingerprint density at radius 1 is 1.06 bits per heavy atom. The van der Waals surface area contributed by atoms with E-state index in [4.69, 9.17) is 9.72 Å². The van der Waals surface area contributed by atoms with E-state index in [1.54, 1.807) is 6.07 Å². The first-order valence-electron chi connectivity index (χ1n) is 11.2. The van der Waals surface area contributed by atoms with Gasteiger partial charge in [0.25, 0.3) is 5.91 Å². The van der Waals surface area contributed by atoms with Crippen molar-refractivity contribution in [3.63, 3.8) is 0 Å². The van der Waals surface area contributed by atoms with Crippen LogP contribution in [0.2, 0.25) is 0 Å². The number of ether oxygens (including phenoxy) is 1. The lowest BCUT2D eigenvalue weighted by Crippen LogP contribution is -2.40. The largest absolute Gasteiger partial charge is 0.490 e. The van der Waals surface area contributed by atoms with Gasteiger partial charge >= 0.3 is 5.69 Å². The van der Waals surface area contributed by atoms with E-state index in [0.29, 0.717) is 5.95 Å². The minimum absolute atomic E-state index is 0.00498. The number of hydrogen-bond donors (Lipinski definition) is 2. The SMILES string of the molecule is COc1cccc(C(=O)NC2CCC(Nc3nc(N(C)C)c4ccccc4n3)CC2)c1[N+](=O)[O-]. The number of carbonyl (C=O) groups excluding carboxylic acids is 1. The average molecular weight is 465 g/mol. The summed E-state index contributed by atoms with van der Waals surface area (Å²) in [6.07, 6.45) is 3.13. The molecule has 2 aromatic carbocycles. The van der Waals surface area contributed by atoms with Gasteiger partial charge in [-0.05, 0) is 49.9 Å². The highest BCUT2D eigenvalue weighted by Gasteiger charge is 2.28. The molecule has 34 heavy (non-hydrogen) atoms. The molecule has 0 radical (unpaired) electrons. The van der Waals surface area contributed by atoms with Crippen LogP contribution in [0.15, 0.2) is 42.5 Å². The van der Waals surface area contributed by atoms with Gasteiger partial charge in [-0.3, -0.25) is 14.9 Å². The molecule has 1 fully saturated rings. The van der Waals surface area contributed by atoms with Gasteiger partial charge in [0.15, 0.2) is 5.75 Å². The normalized spacial score (nSPS) is 17.7. The minimum Gasteiger partial charge on any atom is -0.490 e. The summed E-state index contributed by atoms with van der Waals surface area (Å²) in [7, 11) is 5.26. The van der Waals surface area contributed by atoms with E-state index < -0.39 is 10.8 Å². The molecule has 10 heteroatoms. The highest BCUT2D eigenvalue weighted by molar-refractivity contribution is 5.99. The molecule has 0 spiro atoms. The maximum atomic E-state index is 12.8. The molecule has 1 saturated carbocycles. The molecule has 2 N–H and O–H groups in total. The number of nitrogens with zero attached hydrogens (tertiary/aromatic N) is 4. The number of para-hydroxylation sites is 2. The van der Waals surface area contributed by atoms with Gasteiger partial charge < -0.3 is 20.3 Å². The van der Waals surface area contributed by atoms with Gasteiger partial charge in [-0.15, -0.1) is 0 Å². The predicted molar refractivity (Wildman–Crippen MR) is 131 cm³/mol. The number of carbonyl (C=O) groups is 1. The minimum atomic E-state index is -0.583. The van der Waals surface area contributed by atoms with Gasteiger partial charge in [0.2, 0.25) is 5.95 Å². The molecule has 1 heterocycles. The summed E-state index contributed by atoms with van der Waals surface area (Å²) in [5.74, 6) is 1.05. The van der Waals surface area contributed by atoms with Crippen LogP contribution in [0.1, 0.15) is 36.0 Å². The van der Waals surface area contributed by atoms with Crippen LogP contribution in [-0.2, 0) is 0 Å². The molecule has 0 aliphatic heterocycles. The number of rotatable bonds is 7. The summed E-state index contributed by atoms with van der Waals surface area (Å²) in [6, 6.07) is 12.5. The van der Waals surface area contributed by atoms with Crippen LogP contribution in [0.25, 0.3) is 10.9 Å². The zero-order chi connectivity index (χ0) is 24.2. The highest BCUT2D eigenvalue weighted by Crippen LogP contribution is 2.31. The second kappa shape index (κ2) is 9.90. The Hall–Kier alpha value is -3.95. The lowest BCUT2D eigenvalue weighted by atomic mass is 9.91. The molecule has 4 rings (SSSR count). The van der Waals surface area contributed by atoms with Crippen molar-refractivity contribution in [3.8, 4) is 5.75 Å². The van der Waals surface area contributed by atoms with Crippen molar-refractivity contribution in [2.45, 2.75) is 37.8 Å². The summed E-state index contributed by atoms with van der Waals surface area (Å²) in [4.78, 5) is 35.0. The van der Waals surface area contributed by atoms with Gasteiger partial charge in [0.1, 0.15) is 11.4 Å². The fourth-order valence-electron chi connectivity index (χ4n) is 4.35. The topological polar surface area (TPSA) is 123 Å². The third kappa shape index (κ3) is 4.85. The molecule has 1 aliphatic carbocycles. The van der Waals surface area contributed by atoms with Crippen LogP contribution in [0.4, 0.5) is 17.5 Å². The first-order valence-corrected chi connectivity index (χ1v) is 11.2. The van der Waals surface area contributed by atoms with Crippen LogP contribution in [-0.4, -0.2) is 54.1 Å². The lowest BCUT2D eigenvalue weighted by Gasteiger charge is -2.30. The van der Waals surface area contributed by atoms with Gasteiger partial charge in [0.05, 0.1) is 17.5 Å². The van der Waals surface area contributed by atoms with E-state index in [1.165, 1.54) is 19.2 Å². The van der Waals surface area contributed by atoms with Crippen LogP contribution in [0, 0.1) is 10.1 Å². The Bertz CT molecular complexity index is 1210. The molecule has 0 saturated heterocycles. The predicted octanol–water partition coefficient (Wildman–Crippen LogP) is 3.77. The van der Waals surface area contributed by atoms with Crippen molar-refractivity contribution in [2.75, 3.05) is 31.4 Å². The number of fused-ring (bicyclic) bond motifs is 1. The molecule has 0 unspecified atom stereocenters. The van der Waals surface area contributed by atoms with Gasteiger partial charge in [-0.1, -0.05) is 18.2 Å². The number of nitrogens with one attached hydrogen (secondary N) is 2. The van der Waals surface area contributed by atoms with E-state index in [1.807, 2.05) is 43.3 Å². The number of hydrogen-bond acceptors (Lipinski definition) is 8. The highest BCUT2D eigenvalue weighted by atomic mass is 16.6. The van der Waals surface area contributed by atoms with E-state index >= 15 is 0 Å². The van der Waals surface area contributed by atoms with Gasteiger partial charge in [-0.2, -0.15) is 4.98 Å². The van der Waals surface area contributed by atoms with Crippen molar-refractivity contribution in [3.05, 3.63) is 58.1 Å². The maximum absolute atomic E-state index is 12.8. The van der Waals surface area contributed by atoms with Crippen LogP contribution < -0.4 is 20.3 Å². The Labute approximate surface area is 197 Å². The molecular formula is C24H28N6O4. The number of nitro benzene ring substituents is 1. The van der Waals surface area contributed by atoms with E-state index in [2.05, 4.69) is 15.6 Å². The molecule has 1 aromatic heterocycles. The first-order chi connectivity index (χ1) is 16.4. The number of methoxy groups -OCH3 is 1. The van der Waals surface area contributed by atoms with Crippen LogP contribution in [0.5, 0.6) is 5.75 Å². The van der Waals surface area contributed by atoms with E-state index in [-0.39, 0.29) is 29.1 Å².